The molecule has 1 amide bonds. The highest BCUT2D eigenvalue weighted by molar-refractivity contribution is 9.10. The summed E-state index contributed by atoms with van der Waals surface area (Å²) in [6, 6.07) is 6.62. The fourth-order valence-electron chi connectivity index (χ4n) is 1.89. The van der Waals surface area contributed by atoms with Crippen LogP contribution in [0.15, 0.2) is 52.1 Å². The number of carbonyl (C=O) groups excluding carboxylic acids is 1. The third-order valence-electron chi connectivity index (χ3n) is 3.00. The van der Waals surface area contributed by atoms with Crippen LogP contribution in [0, 0.1) is 0 Å². The van der Waals surface area contributed by atoms with E-state index in [-0.39, 0.29) is 11.5 Å². The van der Waals surface area contributed by atoms with Gasteiger partial charge < -0.3 is 9.88 Å². The summed E-state index contributed by atoms with van der Waals surface area (Å²) in [5.41, 5.74) is 0.590. The van der Waals surface area contributed by atoms with Crippen LogP contribution < -0.4 is 10.9 Å². The first-order valence-corrected chi connectivity index (χ1v) is 7.50. The maximum Gasteiger partial charge on any atom is 0.251 e. The molecule has 0 atom stereocenters. The summed E-state index contributed by atoms with van der Waals surface area (Å²) in [5, 5.41) is 2.85. The fraction of sp³-hybridized carbons (Fsp3) is 0.267. The highest BCUT2D eigenvalue weighted by atomic mass is 79.9. The number of aromatic nitrogens is 2. The lowest BCUT2D eigenvalue weighted by molar-refractivity contribution is 0.0952. The summed E-state index contributed by atoms with van der Waals surface area (Å²) >= 11 is 3.34. The molecule has 0 bridgehead atoms. The summed E-state index contributed by atoms with van der Waals surface area (Å²) < 4.78 is 2.54. The van der Waals surface area contributed by atoms with Crippen molar-refractivity contribution < 1.29 is 4.79 Å². The second-order valence-electron chi connectivity index (χ2n) is 4.58. The number of amides is 1. The molecule has 21 heavy (non-hydrogen) atoms. The van der Waals surface area contributed by atoms with Crippen molar-refractivity contribution in [3.05, 3.63) is 63.2 Å². The third kappa shape index (κ3) is 4.82. The van der Waals surface area contributed by atoms with E-state index in [1.54, 1.807) is 41.4 Å². The molecule has 0 saturated carbocycles. The number of unbranched alkanes of at least 4 members (excludes halogenated alkanes) is 1. The van der Waals surface area contributed by atoms with E-state index in [0.29, 0.717) is 18.7 Å². The van der Waals surface area contributed by atoms with Crippen LogP contribution in [-0.2, 0) is 6.54 Å². The van der Waals surface area contributed by atoms with E-state index < -0.39 is 0 Å². The largest absolute Gasteiger partial charge is 0.352 e. The Balaban J connectivity index is 1.72. The van der Waals surface area contributed by atoms with Crippen LogP contribution in [0.3, 0.4) is 0 Å². The standard InChI is InChI=1S/C15H16BrN3O2/c16-13-3-4-14(20)19(11-13)10-2-1-7-18-15(21)12-5-8-17-9-6-12/h3-6,8-9,11H,1-2,7,10H2,(H,18,21). The lowest BCUT2D eigenvalue weighted by Gasteiger charge is -2.07. The first-order valence-electron chi connectivity index (χ1n) is 6.71. The number of halogens is 1. The molecule has 0 radical (unpaired) electrons. The second kappa shape index (κ2) is 7.73. The van der Waals surface area contributed by atoms with Crippen LogP contribution in [0.5, 0.6) is 0 Å². The molecule has 5 nitrogen and oxygen atoms in total. The van der Waals surface area contributed by atoms with Crippen molar-refractivity contribution in [1.29, 1.82) is 0 Å². The highest BCUT2D eigenvalue weighted by Crippen LogP contribution is 2.05. The second-order valence-corrected chi connectivity index (χ2v) is 5.49. The van der Waals surface area contributed by atoms with E-state index in [9.17, 15) is 9.59 Å². The zero-order valence-corrected chi connectivity index (χ0v) is 13.0. The van der Waals surface area contributed by atoms with Crippen LogP contribution >= 0.6 is 15.9 Å². The van der Waals surface area contributed by atoms with Gasteiger partial charge in [0.25, 0.3) is 11.5 Å². The van der Waals surface area contributed by atoms with Crippen molar-refractivity contribution in [2.75, 3.05) is 6.54 Å². The summed E-state index contributed by atoms with van der Waals surface area (Å²) in [5.74, 6) is -0.1000. The van der Waals surface area contributed by atoms with Crippen molar-refractivity contribution in [1.82, 2.24) is 14.9 Å². The van der Waals surface area contributed by atoms with E-state index in [0.717, 1.165) is 17.3 Å². The van der Waals surface area contributed by atoms with Gasteiger partial charge in [0.15, 0.2) is 0 Å². The van der Waals surface area contributed by atoms with Gasteiger partial charge in [0, 0.05) is 47.8 Å². The van der Waals surface area contributed by atoms with E-state index in [4.69, 9.17) is 0 Å². The number of rotatable bonds is 6. The lowest BCUT2D eigenvalue weighted by Crippen LogP contribution is -2.25. The Hall–Kier alpha value is -1.95. The maximum absolute atomic E-state index is 11.8. The monoisotopic (exact) mass is 349 g/mol. The number of hydrogen-bond donors (Lipinski definition) is 1. The Kier molecular flexibility index (Phi) is 5.68. The molecule has 0 spiro atoms. The number of aryl methyl sites for hydroxylation is 1. The minimum Gasteiger partial charge on any atom is -0.352 e. The van der Waals surface area contributed by atoms with Gasteiger partial charge in [-0.25, -0.2) is 0 Å². The summed E-state index contributed by atoms with van der Waals surface area (Å²) in [6.07, 6.45) is 6.60. The predicted molar refractivity (Wildman–Crippen MR) is 84.2 cm³/mol. The Morgan fingerprint density at radius 1 is 1.19 bits per heavy atom. The normalized spacial score (nSPS) is 10.3. The van der Waals surface area contributed by atoms with Gasteiger partial charge >= 0.3 is 0 Å². The molecule has 2 rings (SSSR count). The quantitative estimate of drug-likeness (QED) is 0.813. The molecule has 0 fully saturated rings. The fourth-order valence-corrected chi connectivity index (χ4v) is 2.27. The number of hydrogen-bond acceptors (Lipinski definition) is 3. The van der Waals surface area contributed by atoms with E-state index >= 15 is 0 Å². The van der Waals surface area contributed by atoms with Gasteiger partial charge in [-0.15, -0.1) is 0 Å². The minimum absolute atomic E-state index is 0.0148. The number of carbonyl (C=O) groups is 1. The third-order valence-corrected chi connectivity index (χ3v) is 3.47. The summed E-state index contributed by atoms with van der Waals surface area (Å²) in [4.78, 5) is 27.2. The SMILES string of the molecule is O=C(NCCCCn1cc(Br)ccc1=O)c1ccncc1. The first-order chi connectivity index (χ1) is 10.2. The smallest absolute Gasteiger partial charge is 0.251 e. The maximum atomic E-state index is 11.8. The topological polar surface area (TPSA) is 64.0 Å². The van der Waals surface area contributed by atoms with Crippen molar-refractivity contribution in [2.45, 2.75) is 19.4 Å². The van der Waals surface area contributed by atoms with Crippen LogP contribution in [0.2, 0.25) is 0 Å². The molecule has 0 aliphatic carbocycles. The average molecular weight is 350 g/mol. The van der Waals surface area contributed by atoms with Crippen LogP contribution in [0.4, 0.5) is 0 Å². The molecule has 2 aromatic rings. The molecule has 2 heterocycles. The Morgan fingerprint density at radius 3 is 2.71 bits per heavy atom. The van der Waals surface area contributed by atoms with Gasteiger partial charge in [-0.1, -0.05) is 0 Å². The molecule has 0 aliphatic heterocycles. The molecule has 6 heteroatoms. The molecular weight excluding hydrogens is 334 g/mol. The van der Waals surface area contributed by atoms with Crippen LogP contribution in [-0.4, -0.2) is 22.0 Å². The summed E-state index contributed by atoms with van der Waals surface area (Å²) in [7, 11) is 0. The van der Waals surface area contributed by atoms with Gasteiger partial charge in [0.05, 0.1) is 0 Å². The molecule has 0 saturated heterocycles. The van der Waals surface area contributed by atoms with Crippen LogP contribution in [0.1, 0.15) is 23.2 Å². The van der Waals surface area contributed by atoms with Gasteiger partial charge in [0.2, 0.25) is 0 Å². The van der Waals surface area contributed by atoms with Crippen molar-refractivity contribution >= 4 is 21.8 Å². The lowest BCUT2D eigenvalue weighted by atomic mass is 10.2. The van der Waals surface area contributed by atoms with Gasteiger partial charge in [-0.2, -0.15) is 0 Å². The van der Waals surface area contributed by atoms with E-state index in [2.05, 4.69) is 26.2 Å². The Labute approximate surface area is 131 Å². The molecule has 0 unspecified atom stereocenters. The molecule has 110 valence electrons. The molecular formula is C15H16BrN3O2. The molecule has 0 aliphatic rings. The predicted octanol–water partition coefficient (Wildman–Crippen LogP) is 2.22. The van der Waals surface area contributed by atoms with Crippen LogP contribution in [0.25, 0.3) is 0 Å². The average Bonchev–Trinajstić information content (AvgIpc) is 2.51. The van der Waals surface area contributed by atoms with Gasteiger partial charge in [-0.05, 0) is 47.0 Å². The minimum atomic E-state index is -0.1000. The summed E-state index contributed by atoms with van der Waals surface area (Å²) in [6.45, 7) is 1.23. The number of nitrogens with one attached hydrogen (secondary N) is 1. The molecule has 0 aromatic carbocycles. The van der Waals surface area contributed by atoms with E-state index in [1.807, 2.05) is 0 Å². The number of nitrogens with zero attached hydrogens (tertiary/aromatic N) is 2. The Morgan fingerprint density at radius 2 is 1.95 bits per heavy atom. The van der Waals surface area contributed by atoms with Gasteiger partial charge in [0.1, 0.15) is 0 Å². The zero-order valence-electron chi connectivity index (χ0n) is 11.5. The zero-order chi connectivity index (χ0) is 15.1. The van der Waals surface area contributed by atoms with Crippen molar-refractivity contribution in [3.8, 4) is 0 Å². The molecule has 2 aromatic heterocycles. The highest BCUT2D eigenvalue weighted by Gasteiger charge is 2.03. The molecule has 1 N–H and O–H groups in total. The van der Waals surface area contributed by atoms with E-state index in [1.165, 1.54) is 6.07 Å². The van der Waals surface area contributed by atoms with Crippen molar-refractivity contribution in [3.63, 3.8) is 0 Å². The first kappa shape index (κ1) is 15.4. The van der Waals surface area contributed by atoms with Crippen molar-refractivity contribution in [2.24, 2.45) is 0 Å². The van der Waals surface area contributed by atoms with Gasteiger partial charge in [-0.3, -0.25) is 14.6 Å². The Bertz CT molecular complexity index is 655. The number of pyridine rings is 2.